The van der Waals surface area contributed by atoms with Gasteiger partial charge >= 0.3 is 0 Å². The van der Waals surface area contributed by atoms with Crippen LogP contribution in [0.2, 0.25) is 0 Å². The van der Waals surface area contributed by atoms with Crippen LogP contribution in [0.3, 0.4) is 0 Å². The molecule has 0 saturated carbocycles. The number of Topliss-reactive ketones (excluding diaryl/α,β-unsaturated/α-hetero) is 1. The summed E-state index contributed by atoms with van der Waals surface area (Å²) in [6.07, 6.45) is 5.42. The molecule has 6 nitrogen and oxygen atoms in total. The lowest BCUT2D eigenvalue weighted by molar-refractivity contribution is -0.120. The lowest BCUT2D eigenvalue weighted by atomic mass is 10.0. The van der Waals surface area contributed by atoms with Crippen molar-refractivity contribution in [1.29, 1.82) is 0 Å². The van der Waals surface area contributed by atoms with E-state index in [0.29, 0.717) is 12.0 Å². The molecular formula is C28H29FN4O2. The fraction of sp³-hybridized carbons (Fsp3) is 0.357. The maximum atomic E-state index is 13.1. The number of amides is 1. The minimum Gasteiger partial charge on any atom is -0.343 e. The number of ketones is 1. The fourth-order valence-corrected chi connectivity index (χ4v) is 5.00. The fourth-order valence-electron chi connectivity index (χ4n) is 5.00. The summed E-state index contributed by atoms with van der Waals surface area (Å²) in [7, 11) is 0. The zero-order valence-electron chi connectivity index (χ0n) is 20.1. The lowest BCUT2D eigenvalue weighted by Crippen LogP contribution is -2.53. The van der Waals surface area contributed by atoms with E-state index in [-0.39, 0.29) is 36.0 Å². The Labute approximate surface area is 204 Å². The monoisotopic (exact) mass is 472 g/mol. The number of hydrogen-bond acceptors (Lipinski definition) is 5. The molecule has 2 aromatic carbocycles. The van der Waals surface area contributed by atoms with Gasteiger partial charge < -0.3 is 9.80 Å². The first-order valence-corrected chi connectivity index (χ1v) is 12.2. The topological polar surface area (TPSA) is 66.4 Å². The zero-order chi connectivity index (χ0) is 24.5. The molecule has 5 rings (SSSR count). The van der Waals surface area contributed by atoms with Gasteiger partial charge in [-0.1, -0.05) is 24.3 Å². The van der Waals surface area contributed by atoms with Crippen LogP contribution >= 0.6 is 0 Å². The smallest absolute Gasteiger partial charge is 0.250 e. The van der Waals surface area contributed by atoms with Gasteiger partial charge in [-0.25, -0.2) is 14.4 Å². The number of nitrogens with zero attached hydrogens (tertiary/aromatic N) is 4. The molecule has 0 bridgehead atoms. The van der Waals surface area contributed by atoms with E-state index in [4.69, 9.17) is 4.98 Å². The molecule has 3 heterocycles. The van der Waals surface area contributed by atoms with Gasteiger partial charge in [0.25, 0.3) is 0 Å². The number of aromatic nitrogens is 2. The highest BCUT2D eigenvalue weighted by Gasteiger charge is 2.42. The van der Waals surface area contributed by atoms with Crippen molar-refractivity contribution in [2.45, 2.75) is 58.0 Å². The van der Waals surface area contributed by atoms with Crippen molar-refractivity contribution in [3.05, 3.63) is 83.1 Å². The van der Waals surface area contributed by atoms with Crippen LogP contribution in [0.1, 0.15) is 54.0 Å². The summed E-state index contributed by atoms with van der Waals surface area (Å²) in [5.74, 6) is 1.41. The maximum Gasteiger partial charge on any atom is 0.250 e. The van der Waals surface area contributed by atoms with Gasteiger partial charge in [0.2, 0.25) is 5.91 Å². The van der Waals surface area contributed by atoms with E-state index in [1.165, 1.54) is 24.3 Å². The molecule has 1 fully saturated rings. The molecule has 1 amide bonds. The zero-order valence-corrected chi connectivity index (χ0v) is 20.1. The minimum absolute atomic E-state index is 0.0330. The predicted molar refractivity (Wildman–Crippen MR) is 133 cm³/mol. The molecule has 2 aliphatic heterocycles. The van der Waals surface area contributed by atoms with Crippen molar-refractivity contribution in [2.75, 3.05) is 16.3 Å². The second-order valence-corrected chi connectivity index (χ2v) is 9.57. The number of carbonyl (C=O) groups excluding carboxylic acids is 2. The Kier molecular flexibility index (Phi) is 6.32. The molecule has 1 aromatic heterocycles. The number of carbonyl (C=O) groups is 2. The first kappa shape index (κ1) is 23.1. The number of benzene rings is 2. The van der Waals surface area contributed by atoms with E-state index in [1.807, 2.05) is 43.0 Å². The van der Waals surface area contributed by atoms with Crippen molar-refractivity contribution in [2.24, 2.45) is 0 Å². The van der Waals surface area contributed by atoms with E-state index in [1.54, 1.807) is 6.20 Å². The van der Waals surface area contributed by atoms with Crippen molar-refractivity contribution in [3.8, 4) is 0 Å². The average Bonchev–Trinajstić information content (AvgIpc) is 3.35. The Morgan fingerprint density at radius 2 is 1.77 bits per heavy atom. The van der Waals surface area contributed by atoms with Gasteiger partial charge in [-0.3, -0.25) is 9.59 Å². The quantitative estimate of drug-likeness (QED) is 0.472. The second kappa shape index (κ2) is 9.56. The highest BCUT2D eigenvalue weighted by Crippen LogP contribution is 2.39. The molecule has 35 heavy (non-hydrogen) atoms. The largest absolute Gasteiger partial charge is 0.343 e. The number of rotatable bonds is 7. The van der Waals surface area contributed by atoms with Gasteiger partial charge in [0.15, 0.2) is 11.6 Å². The Bertz CT molecular complexity index is 1240. The van der Waals surface area contributed by atoms with Gasteiger partial charge in [-0.05, 0) is 68.5 Å². The molecule has 1 saturated heterocycles. The molecule has 0 radical (unpaired) electrons. The van der Waals surface area contributed by atoms with E-state index in [9.17, 15) is 14.0 Å². The second-order valence-electron chi connectivity index (χ2n) is 9.57. The number of aryl methyl sites for hydroxylation is 2. The summed E-state index contributed by atoms with van der Waals surface area (Å²) in [5, 5.41) is 0. The number of hydrogen-bond donors (Lipinski definition) is 0. The van der Waals surface area contributed by atoms with Gasteiger partial charge in [0, 0.05) is 31.0 Å². The molecule has 7 heteroatoms. The van der Waals surface area contributed by atoms with E-state index in [0.717, 1.165) is 54.3 Å². The summed E-state index contributed by atoms with van der Waals surface area (Å²) in [6, 6.07) is 13.6. The molecule has 1 atom stereocenters. The Balaban J connectivity index is 1.25. The van der Waals surface area contributed by atoms with E-state index in [2.05, 4.69) is 9.88 Å². The van der Waals surface area contributed by atoms with Gasteiger partial charge in [-0.15, -0.1) is 0 Å². The maximum absolute atomic E-state index is 13.1. The number of fused-ring (bicyclic) bond motifs is 3. The Morgan fingerprint density at radius 3 is 2.49 bits per heavy atom. The van der Waals surface area contributed by atoms with Crippen molar-refractivity contribution in [3.63, 3.8) is 0 Å². The van der Waals surface area contributed by atoms with Crippen LogP contribution in [0, 0.1) is 5.82 Å². The first-order chi connectivity index (χ1) is 16.9. The Hall–Kier alpha value is -3.61. The minimum atomic E-state index is -0.347. The van der Waals surface area contributed by atoms with Gasteiger partial charge in [0.1, 0.15) is 23.4 Å². The number of anilines is 2. The highest BCUT2D eigenvalue weighted by atomic mass is 19.1. The van der Waals surface area contributed by atoms with Crippen molar-refractivity contribution >= 4 is 23.2 Å². The first-order valence-electron chi connectivity index (χ1n) is 12.2. The van der Waals surface area contributed by atoms with Crippen LogP contribution in [-0.2, 0) is 24.1 Å². The van der Waals surface area contributed by atoms with Crippen molar-refractivity contribution < 1.29 is 14.0 Å². The molecule has 0 spiro atoms. The molecule has 3 aromatic rings. The number of halogens is 1. The predicted octanol–water partition coefficient (Wildman–Crippen LogP) is 4.55. The third kappa shape index (κ3) is 4.67. The lowest BCUT2D eigenvalue weighted by Gasteiger charge is -2.40. The molecule has 180 valence electrons. The summed E-state index contributed by atoms with van der Waals surface area (Å²) < 4.78 is 13.1. The van der Waals surface area contributed by atoms with Gasteiger partial charge in [0.05, 0.1) is 6.20 Å². The summed E-state index contributed by atoms with van der Waals surface area (Å²) in [5.41, 5.74) is 3.38. The summed E-state index contributed by atoms with van der Waals surface area (Å²) in [6.45, 7) is 4.90. The summed E-state index contributed by atoms with van der Waals surface area (Å²) >= 11 is 0. The standard InChI is InChI=1S/C28H29FN4O2/c1-18(2)33-24-17-30-26(31-27(24)32-15-3-4-23(32)28(33)35)14-9-19-5-7-20(8-6-19)16-25(34)21-10-12-22(29)13-11-21/h5-8,10-13,17-18,23H,3-4,9,14-16H2,1-2H3/t23-/m1/s1. The van der Waals surface area contributed by atoms with Crippen LogP contribution in [0.25, 0.3) is 0 Å². The van der Waals surface area contributed by atoms with Crippen LogP contribution in [0.5, 0.6) is 0 Å². The Morgan fingerprint density at radius 1 is 1.06 bits per heavy atom. The molecule has 0 aliphatic carbocycles. The molecule has 2 aliphatic rings. The third-order valence-corrected chi connectivity index (χ3v) is 6.81. The molecular weight excluding hydrogens is 443 g/mol. The van der Waals surface area contributed by atoms with Crippen LogP contribution in [-0.4, -0.2) is 40.3 Å². The molecule has 0 unspecified atom stereocenters. The average molecular weight is 473 g/mol. The summed E-state index contributed by atoms with van der Waals surface area (Å²) in [4.78, 5) is 38.9. The van der Waals surface area contributed by atoms with Crippen molar-refractivity contribution in [1.82, 2.24) is 9.97 Å². The van der Waals surface area contributed by atoms with E-state index < -0.39 is 0 Å². The van der Waals surface area contributed by atoms with Crippen LogP contribution in [0.4, 0.5) is 15.9 Å². The van der Waals surface area contributed by atoms with Crippen LogP contribution < -0.4 is 9.80 Å². The SMILES string of the molecule is CC(C)N1C(=O)[C@H]2CCCN2c2nc(CCc3ccc(CC(=O)c4ccc(F)cc4)cc3)ncc21. The van der Waals surface area contributed by atoms with Gasteiger partial charge in [-0.2, -0.15) is 0 Å². The highest BCUT2D eigenvalue weighted by molar-refractivity contribution is 6.05. The normalized spacial score (nSPS) is 17.0. The van der Waals surface area contributed by atoms with E-state index >= 15 is 0 Å². The molecule has 0 N–H and O–H groups in total. The van der Waals surface area contributed by atoms with Crippen LogP contribution in [0.15, 0.2) is 54.7 Å². The third-order valence-electron chi connectivity index (χ3n) is 6.81.